The van der Waals surface area contributed by atoms with Gasteiger partial charge in [0.25, 0.3) is 5.91 Å². The molecule has 0 unspecified atom stereocenters. The van der Waals surface area contributed by atoms with Gasteiger partial charge in [-0.25, -0.2) is 0 Å². The summed E-state index contributed by atoms with van der Waals surface area (Å²) in [6.07, 6.45) is 1.40. The SMILES string of the molecule is CCNC(=NCCc1ccc(OC)cc1O)NCCc1cccc(C(=O)N(C)C)c1.I. The molecule has 0 heterocycles. The number of ether oxygens (including phenoxy) is 1. The van der Waals surface area contributed by atoms with Gasteiger partial charge in [0, 0.05) is 45.4 Å². The molecule has 0 aliphatic carbocycles. The molecule has 0 saturated heterocycles. The second-order valence-electron chi connectivity index (χ2n) is 7.08. The van der Waals surface area contributed by atoms with Crippen molar-refractivity contribution in [2.24, 2.45) is 4.99 Å². The Morgan fingerprint density at radius 1 is 1.13 bits per heavy atom. The molecule has 3 N–H and O–H groups in total. The second-order valence-corrected chi connectivity index (χ2v) is 7.08. The van der Waals surface area contributed by atoms with Gasteiger partial charge in [-0.05, 0) is 49.1 Å². The minimum atomic E-state index is 0. The molecule has 0 saturated carbocycles. The lowest BCUT2D eigenvalue weighted by atomic mass is 10.1. The van der Waals surface area contributed by atoms with Gasteiger partial charge in [0.05, 0.1) is 7.11 Å². The molecule has 0 radical (unpaired) electrons. The molecule has 1 amide bonds. The number of halogens is 1. The van der Waals surface area contributed by atoms with E-state index in [-0.39, 0.29) is 35.6 Å². The zero-order valence-corrected chi connectivity index (χ0v) is 21.0. The molecular formula is C23H33IN4O3. The number of guanidine groups is 1. The quantitative estimate of drug-likeness (QED) is 0.259. The van der Waals surface area contributed by atoms with Gasteiger partial charge < -0.3 is 25.4 Å². The van der Waals surface area contributed by atoms with Gasteiger partial charge in [-0.2, -0.15) is 0 Å². The lowest BCUT2D eigenvalue weighted by molar-refractivity contribution is 0.0827. The van der Waals surface area contributed by atoms with E-state index in [2.05, 4.69) is 15.6 Å². The van der Waals surface area contributed by atoms with Crippen LogP contribution in [0.25, 0.3) is 0 Å². The van der Waals surface area contributed by atoms with Gasteiger partial charge in [-0.1, -0.05) is 18.2 Å². The van der Waals surface area contributed by atoms with Crippen molar-refractivity contribution >= 4 is 35.8 Å². The van der Waals surface area contributed by atoms with Crippen LogP contribution in [0.15, 0.2) is 47.5 Å². The summed E-state index contributed by atoms with van der Waals surface area (Å²) in [7, 11) is 5.08. The number of nitrogens with one attached hydrogen (secondary N) is 2. The Hall–Kier alpha value is -2.49. The smallest absolute Gasteiger partial charge is 0.253 e. The lowest BCUT2D eigenvalue weighted by Gasteiger charge is -2.13. The number of benzene rings is 2. The van der Waals surface area contributed by atoms with E-state index >= 15 is 0 Å². The van der Waals surface area contributed by atoms with Crippen molar-refractivity contribution in [1.29, 1.82) is 0 Å². The Morgan fingerprint density at radius 2 is 1.90 bits per heavy atom. The van der Waals surface area contributed by atoms with E-state index in [1.165, 1.54) is 0 Å². The Kier molecular flexibility index (Phi) is 11.8. The number of carbonyl (C=O) groups excluding carboxylic acids is 1. The number of aliphatic imine (C=N–C) groups is 1. The Bertz CT molecular complexity index is 872. The normalized spacial score (nSPS) is 10.8. The van der Waals surface area contributed by atoms with Gasteiger partial charge in [-0.15, -0.1) is 24.0 Å². The summed E-state index contributed by atoms with van der Waals surface area (Å²) in [5.74, 6) is 1.58. The topological polar surface area (TPSA) is 86.2 Å². The number of carbonyl (C=O) groups is 1. The molecular weight excluding hydrogens is 507 g/mol. The lowest BCUT2D eigenvalue weighted by Crippen LogP contribution is -2.38. The average Bonchev–Trinajstić information content (AvgIpc) is 2.74. The molecule has 0 bridgehead atoms. The maximum absolute atomic E-state index is 12.1. The first kappa shape index (κ1) is 26.5. The highest BCUT2D eigenvalue weighted by Crippen LogP contribution is 2.23. The number of amides is 1. The van der Waals surface area contributed by atoms with Crippen LogP contribution in [0.3, 0.4) is 0 Å². The fourth-order valence-corrected chi connectivity index (χ4v) is 2.96. The summed E-state index contributed by atoms with van der Waals surface area (Å²) in [4.78, 5) is 18.3. The Labute approximate surface area is 201 Å². The van der Waals surface area contributed by atoms with Crippen LogP contribution in [0.5, 0.6) is 11.5 Å². The maximum Gasteiger partial charge on any atom is 0.253 e. The van der Waals surface area contributed by atoms with Crippen molar-refractivity contribution in [3.8, 4) is 11.5 Å². The average molecular weight is 540 g/mol. The number of aromatic hydroxyl groups is 1. The van der Waals surface area contributed by atoms with Crippen molar-refractivity contribution in [2.45, 2.75) is 19.8 Å². The number of nitrogens with zero attached hydrogens (tertiary/aromatic N) is 2. The molecule has 0 atom stereocenters. The Balaban J connectivity index is 0.00000480. The van der Waals surface area contributed by atoms with Crippen molar-refractivity contribution in [1.82, 2.24) is 15.5 Å². The van der Waals surface area contributed by atoms with Crippen LogP contribution in [0.4, 0.5) is 0 Å². The van der Waals surface area contributed by atoms with Gasteiger partial charge >= 0.3 is 0 Å². The zero-order chi connectivity index (χ0) is 21.9. The monoisotopic (exact) mass is 540 g/mol. The van der Waals surface area contributed by atoms with Gasteiger partial charge in [-0.3, -0.25) is 9.79 Å². The highest BCUT2D eigenvalue weighted by molar-refractivity contribution is 14.0. The van der Waals surface area contributed by atoms with Crippen molar-refractivity contribution in [3.05, 3.63) is 59.2 Å². The van der Waals surface area contributed by atoms with Gasteiger partial charge in [0.1, 0.15) is 11.5 Å². The van der Waals surface area contributed by atoms with E-state index in [9.17, 15) is 9.90 Å². The first-order chi connectivity index (χ1) is 14.4. The minimum Gasteiger partial charge on any atom is -0.508 e. The molecule has 0 aliphatic rings. The fourth-order valence-electron chi connectivity index (χ4n) is 2.96. The standard InChI is InChI=1S/C23H32N4O3.HI/c1-5-24-23(26-14-12-18-9-10-20(30-4)16-21(18)28)25-13-11-17-7-6-8-19(15-17)22(29)27(2)3;/h6-10,15-16,28H,5,11-14H2,1-4H3,(H2,24,25,26);1H. The van der Waals surface area contributed by atoms with Crippen molar-refractivity contribution in [3.63, 3.8) is 0 Å². The number of rotatable bonds is 9. The summed E-state index contributed by atoms with van der Waals surface area (Å²) in [6, 6.07) is 13.0. The molecule has 8 heteroatoms. The van der Waals surface area contributed by atoms with Gasteiger partial charge in [0.15, 0.2) is 5.96 Å². The van der Waals surface area contributed by atoms with Crippen LogP contribution in [-0.2, 0) is 12.8 Å². The van der Waals surface area contributed by atoms with Crippen LogP contribution in [0, 0.1) is 0 Å². The third-order valence-electron chi connectivity index (χ3n) is 4.57. The van der Waals surface area contributed by atoms with E-state index in [0.717, 1.165) is 30.1 Å². The first-order valence-electron chi connectivity index (χ1n) is 10.1. The fraction of sp³-hybridized carbons (Fsp3) is 0.391. The molecule has 0 spiro atoms. The molecule has 0 aromatic heterocycles. The Morgan fingerprint density at radius 3 is 2.55 bits per heavy atom. The number of phenolic OH excluding ortho intramolecular Hbond substituents is 1. The largest absolute Gasteiger partial charge is 0.508 e. The third-order valence-corrected chi connectivity index (χ3v) is 4.57. The van der Waals surface area contributed by atoms with E-state index in [1.54, 1.807) is 32.2 Å². The number of methoxy groups -OCH3 is 1. The van der Waals surface area contributed by atoms with E-state index in [0.29, 0.717) is 30.8 Å². The summed E-state index contributed by atoms with van der Waals surface area (Å²) in [5.41, 5.74) is 2.62. The van der Waals surface area contributed by atoms with Gasteiger partial charge in [0.2, 0.25) is 0 Å². The van der Waals surface area contributed by atoms with E-state index in [1.807, 2.05) is 43.3 Å². The summed E-state index contributed by atoms with van der Waals surface area (Å²) in [6.45, 7) is 4.01. The van der Waals surface area contributed by atoms with Crippen molar-refractivity contribution < 1.29 is 14.6 Å². The molecule has 2 aromatic carbocycles. The summed E-state index contributed by atoms with van der Waals surface area (Å²) >= 11 is 0. The molecule has 2 aromatic rings. The maximum atomic E-state index is 12.1. The second kappa shape index (κ2) is 13.7. The predicted octanol–water partition coefficient (Wildman–Crippen LogP) is 3.06. The molecule has 0 aliphatic heterocycles. The minimum absolute atomic E-state index is 0. The number of hydrogen-bond acceptors (Lipinski definition) is 4. The van der Waals surface area contributed by atoms with E-state index < -0.39 is 0 Å². The predicted molar refractivity (Wildman–Crippen MR) is 136 cm³/mol. The molecule has 31 heavy (non-hydrogen) atoms. The first-order valence-corrected chi connectivity index (χ1v) is 10.1. The zero-order valence-electron chi connectivity index (χ0n) is 18.6. The van der Waals surface area contributed by atoms with Crippen LogP contribution in [-0.4, -0.2) is 62.7 Å². The van der Waals surface area contributed by atoms with Crippen molar-refractivity contribution in [2.75, 3.05) is 40.8 Å². The highest BCUT2D eigenvalue weighted by Gasteiger charge is 2.08. The highest BCUT2D eigenvalue weighted by atomic mass is 127. The molecule has 7 nitrogen and oxygen atoms in total. The molecule has 2 rings (SSSR count). The van der Waals surface area contributed by atoms with E-state index in [4.69, 9.17) is 4.74 Å². The van der Waals surface area contributed by atoms with Crippen LogP contribution >= 0.6 is 24.0 Å². The third kappa shape index (κ3) is 8.64. The number of phenols is 1. The molecule has 170 valence electrons. The summed E-state index contributed by atoms with van der Waals surface area (Å²) < 4.78 is 5.11. The summed E-state index contributed by atoms with van der Waals surface area (Å²) in [5, 5.41) is 16.6. The van der Waals surface area contributed by atoms with Crippen LogP contribution in [0.1, 0.15) is 28.4 Å². The van der Waals surface area contributed by atoms with Crippen LogP contribution < -0.4 is 15.4 Å². The number of hydrogen-bond donors (Lipinski definition) is 3. The van der Waals surface area contributed by atoms with Crippen LogP contribution in [0.2, 0.25) is 0 Å². The molecule has 0 fully saturated rings.